The molecule has 2 rings (SSSR count). The first kappa shape index (κ1) is 16.0. The van der Waals surface area contributed by atoms with Crippen LogP contribution < -0.4 is 5.32 Å². The molecule has 0 bridgehead atoms. The number of hydrogen-bond acceptors (Lipinski definition) is 3. The van der Waals surface area contributed by atoms with E-state index in [4.69, 9.17) is 0 Å². The predicted octanol–water partition coefficient (Wildman–Crippen LogP) is 3.25. The van der Waals surface area contributed by atoms with E-state index in [0.29, 0.717) is 24.3 Å². The summed E-state index contributed by atoms with van der Waals surface area (Å²) in [5.41, 5.74) is 0.643. The van der Waals surface area contributed by atoms with Gasteiger partial charge in [-0.15, -0.1) is 11.3 Å². The van der Waals surface area contributed by atoms with Crippen LogP contribution in [-0.2, 0) is 17.6 Å². The zero-order chi connectivity index (χ0) is 15.6. The second-order valence-corrected chi connectivity index (χ2v) is 6.91. The fraction of sp³-hybridized carbons (Fsp3) is 0.625. The van der Waals surface area contributed by atoms with E-state index >= 15 is 0 Å². The molecular formula is C16H23NO3S. The molecule has 1 aromatic rings. The van der Waals surface area contributed by atoms with Crippen molar-refractivity contribution in [1.82, 2.24) is 5.32 Å². The summed E-state index contributed by atoms with van der Waals surface area (Å²) in [5, 5.41) is 14.1. The number of thiophene rings is 1. The number of carbonyl (C=O) groups is 2. The molecule has 0 radical (unpaired) electrons. The van der Waals surface area contributed by atoms with Gasteiger partial charge in [0, 0.05) is 10.3 Å². The fourth-order valence-corrected chi connectivity index (χ4v) is 4.18. The van der Waals surface area contributed by atoms with E-state index in [2.05, 4.69) is 12.2 Å². The van der Waals surface area contributed by atoms with Gasteiger partial charge >= 0.3 is 5.97 Å². The summed E-state index contributed by atoms with van der Waals surface area (Å²) in [6, 6.07) is 0. The third kappa shape index (κ3) is 2.98. The van der Waals surface area contributed by atoms with Gasteiger partial charge in [-0.05, 0) is 43.6 Å². The van der Waals surface area contributed by atoms with Crippen molar-refractivity contribution in [2.75, 3.05) is 0 Å². The average molecular weight is 309 g/mol. The highest BCUT2D eigenvalue weighted by Gasteiger charge is 2.37. The number of amides is 1. The van der Waals surface area contributed by atoms with Crippen molar-refractivity contribution in [3.8, 4) is 0 Å². The topological polar surface area (TPSA) is 66.4 Å². The van der Waals surface area contributed by atoms with E-state index in [0.717, 1.165) is 24.8 Å². The third-order valence-corrected chi connectivity index (χ3v) is 5.67. The summed E-state index contributed by atoms with van der Waals surface area (Å²) in [4.78, 5) is 25.3. The van der Waals surface area contributed by atoms with Crippen molar-refractivity contribution in [1.29, 1.82) is 0 Å². The number of hydrogen-bond donors (Lipinski definition) is 2. The molecule has 0 aromatic carbocycles. The molecule has 0 aliphatic heterocycles. The minimum atomic E-state index is -1.16. The Morgan fingerprint density at radius 3 is 2.67 bits per heavy atom. The number of carboxylic acids is 1. The first-order valence-corrected chi connectivity index (χ1v) is 8.46. The quantitative estimate of drug-likeness (QED) is 0.877. The first-order chi connectivity index (χ1) is 9.93. The van der Waals surface area contributed by atoms with Gasteiger partial charge in [0.25, 0.3) is 5.91 Å². The largest absolute Gasteiger partial charge is 0.480 e. The molecule has 5 heteroatoms. The van der Waals surface area contributed by atoms with E-state index in [9.17, 15) is 14.7 Å². The lowest BCUT2D eigenvalue weighted by Crippen LogP contribution is -2.53. The molecular weight excluding hydrogens is 286 g/mol. The number of rotatable bonds is 5. The van der Waals surface area contributed by atoms with Crippen LogP contribution in [0.15, 0.2) is 5.38 Å². The summed E-state index contributed by atoms with van der Waals surface area (Å²) in [7, 11) is 0. The molecule has 0 fully saturated rings. The smallest absolute Gasteiger partial charge is 0.329 e. The van der Waals surface area contributed by atoms with Gasteiger partial charge in [0.2, 0.25) is 0 Å². The van der Waals surface area contributed by atoms with Crippen molar-refractivity contribution in [2.24, 2.45) is 5.92 Å². The summed E-state index contributed by atoms with van der Waals surface area (Å²) in [6.07, 6.45) is 3.80. The Labute approximate surface area is 129 Å². The van der Waals surface area contributed by atoms with Crippen molar-refractivity contribution in [3.63, 3.8) is 0 Å². The lowest BCUT2D eigenvalue weighted by Gasteiger charge is -2.28. The van der Waals surface area contributed by atoms with Gasteiger partial charge in [-0.3, -0.25) is 4.79 Å². The zero-order valence-corrected chi connectivity index (χ0v) is 13.7. The summed E-state index contributed by atoms with van der Waals surface area (Å²) in [6.45, 7) is 5.82. The molecule has 0 saturated carbocycles. The molecule has 1 amide bonds. The highest BCUT2D eigenvalue weighted by molar-refractivity contribution is 7.10. The second kappa shape index (κ2) is 6.18. The van der Waals surface area contributed by atoms with Crippen LogP contribution in [0.3, 0.4) is 0 Å². The highest BCUT2D eigenvalue weighted by atomic mass is 32.1. The molecule has 1 aromatic heterocycles. The maximum absolute atomic E-state index is 12.5. The highest BCUT2D eigenvalue weighted by Crippen LogP contribution is 2.33. The molecule has 21 heavy (non-hydrogen) atoms. The summed E-state index contributed by atoms with van der Waals surface area (Å²) >= 11 is 1.63. The number of nitrogens with one attached hydrogen (secondary N) is 1. The minimum absolute atomic E-state index is 0.242. The van der Waals surface area contributed by atoms with E-state index in [1.807, 2.05) is 5.38 Å². The molecule has 116 valence electrons. The van der Waals surface area contributed by atoms with Gasteiger partial charge in [-0.1, -0.05) is 20.8 Å². The van der Waals surface area contributed by atoms with Crippen LogP contribution >= 0.6 is 11.3 Å². The molecule has 2 N–H and O–H groups in total. The molecule has 1 unspecified atom stereocenters. The maximum Gasteiger partial charge on any atom is 0.329 e. The second-order valence-electron chi connectivity index (χ2n) is 5.95. The maximum atomic E-state index is 12.5. The van der Waals surface area contributed by atoms with Crippen LogP contribution in [0.1, 0.15) is 60.8 Å². The van der Waals surface area contributed by atoms with Crippen LogP contribution in [0, 0.1) is 5.92 Å². The zero-order valence-electron chi connectivity index (χ0n) is 12.9. The van der Waals surface area contributed by atoms with E-state index in [1.54, 1.807) is 25.2 Å². The lowest BCUT2D eigenvalue weighted by atomic mass is 9.87. The molecule has 1 atom stereocenters. The monoisotopic (exact) mass is 309 g/mol. The van der Waals surface area contributed by atoms with Crippen LogP contribution in [0.25, 0.3) is 0 Å². The van der Waals surface area contributed by atoms with Gasteiger partial charge in [0.1, 0.15) is 5.54 Å². The Morgan fingerprint density at radius 1 is 1.43 bits per heavy atom. The number of carbonyl (C=O) groups excluding carboxylic acids is 1. The Morgan fingerprint density at radius 2 is 2.10 bits per heavy atom. The normalized spacial score (nSPS) is 18.1. The standard InChI is InChI=1S/C16H23NO3S/c1-4-16(5-2,15(19)20)17-14(18)12-9-21-13-8-10(3)6-7-11(12)13/h9-10H,4-8H2,1-3H3,(H,17,18)(H,19,20). The summed E-state index contributed by atoms with van der Waals surface area (Å²) in [5.74, 6) is -0.539. The van der Waals surface area contributed by atoms with E-state index in [1.165, 1.54) is 4.88 Å². The lowest BCUT2D eigenvalue weighted by molar-refractivity contribution is -0.144. The van der Waals surface area contributed by atoms with Crippen LogP contribution in [0.4, 0.5) is 0 Å². The van der Waals surface area contributed by atoms with Gasteiger partial charge in [-0.2, -0.15) is 0 Å². The van der Waals surface area contributed by atoms with Crippen molar-refractivity contribution in [3.05, 3.63) is 21.4 Å². The third-order valence-electron chi connectivity index (χ3n) is 4.62. The molecule has 1 aliphatic carbocycles. The molecule has 4 nitrogen and oxygen atoms in total. The molecule has 1 heterocycles. The molecule has 0 saturated heterocycles. The van der Waals surface area contributed by atoms with Crippen LogP contribution in [0.2, 0.25) is 0 Å². The van der Waals surface area contributed by atoms with Crippen LogP contribution in [-0.4, -0.2) is 22.5 Å². The first-order valence-electron chi connectivity index (χ1n) is 7.58. The van der Waals surface area contributed by atoms with Gasteiger partial charge < -0.3 is 10.4 Å². The molecule has 0 spiro atoms. The summed E-state index contributed by atoms with van der Waals surface area (Å²) < 4.78 is 0. The fourth-order valence-electron chi connectivity index (χ4n) is 2.94. The SMILES string of the molecule is CCC(CC)(NC(=O)c1csc2c1CCC(C)C2)C(=O)O. The van der Waals surface area contributed by atoms with Crippen LogP contribution in [0.5, 0.6) is 0 Å². The Balaban J connectivity index is 2.23. The Kier molecular flexibility index (Phi) is 4.71. The number of fused-ring (bicyclic) bond motifs is 1. The van der Waals surface area contributed by atoms with Crippen molar-refractivity contribution in [2.45, 2.75) is 58.4 Å². The van der Waals surface area contributed by atoms with Gasteiger partial charge in [0.05, 0.1) is 5.56 Å². The average Bonchev–Trinajstić information content (AvgIpc) is 2.87. The van der Waals surface area contributed by atoms with E-state index < -0.39 is 11.5 Å². The minimum Gasteiger partial charge on any atom is -0.480 e. The Hall–Kier alpha value is -1.36. The van der Waals surface area contributed by atoms with E-state index in [-0.39, 0.29) is 5.91 Å². The van der Waals surface area contributed by atoms with Crippen molar-refractivity contribution < 1.29 is 14.7 Å². The molecule has 1 aliphatic rings. The van der Waals surface area contributed by atoms with Gasteiger partial charge in [0.15, 0.2) is 0 Å². The number of aliphatic carboxylic acids is 1. The number of carboxylic acid groups (broad SMARTS) is 1. The van der Waals surface area contributed by atoms with Crippen molar-refractivity contribution >= 4 is 23.2 Å². The predicted molar refractivity (Wildman–Crippen MR) is 83.9 cm³/mol. The Bertz CT molecular complexity index is 546. The van der Waals surface area contributed by atoms with Gasteiger partial charge in [-0.25, -0.2) is 4.79 Å².